The third-order valence-electron chi connectivity index (χ3n) is 2.65. The summed E-state index contributed by atoms with van der Waals surface area (Å²) in [6.45, 7) is 0. The molecule has 0 aliphatic heterocycles. The Kier molecular flexibility index (Phi) is 4.58. The lowest BCUT2D eigenvalue weighted by molar-refractivity contribution is -0.115. The van der Waals surface area contributed by atoms with Gasteiger partial charge in [-0.15, -0.1) is 11.8 Å². The first-order chi connectivity index (χ1) is 9.17. The van der Waals surface area contributed by atoms with Gasteiger partial charge in [-0.2, -0.15) is 0 Å². The number of halogens is 1. The summed E-state index contributed by atoms with van der Waals surface area (Å²) in [5.41, 5.74) is 1.56. The predicted octanol–water partition coefficient (Wildman–Crippen LogP) is 3.73. The van der Waals surface area contributed by atoms with Crippen molar-refractivity contribution in [3.8, 4) is 0 Å². The third-order valence-corrected chi connectivity index (χ3v) is 3.40. The van der Waals surface area contributed by atoms with Crippen molar-refractivity contribution in [2.75, 3.05) is 11.6 Å². The highest BCUT2D eigenvalue weighted by atomic mass is 32.2. The molecule has 0 heterocycles. The Morgan fingerprint density at radius 3 is 2.32 bits per heavy atom. The minimum Gasteiger partial charge on any atom is -0.326 e. The van der Waals surface area contributed by atoms with Crippen molar-refractivity contribution in [2.24, 2.45) is 0 Å². The van der Waals surface area contributed by atoms with E-state index < -0.39 is 0 Å². The van der Waals surface area contributed by atoms with Crippen LogP contribution in [0.2, 0.25) is 0 Å². The number of hydrogen-bond donors (Lipinski definition) is 1. The summed E-state index contributed by atoms with van der Waals surface area (Å²) in [6, 6.07) is 13.6. The van der Waals surface area contributed by atoms with Gasteiger partial charge in [0.15, 0.2) is 0 Å². The van der Waals surface area contributed by atoms with Gasteiger partial charge in [0.2, 0.25) is 5.91 Å². The maximum Gasteiger partial charge on any atom is 0.228 e. The van der Waals surface area contributed by atoms with Crippen molar-refractivity contribution >= 4 is 23.4 Å². The predicted molar refractivity (Wildman–Crippen MR) is 77.0 cm³/mol. The first-order valence-electron chi connectivity index (χ1n) is 5.86. The third kappa shape index (κ3) is 4.10. The molecule has 2 aromatic rings. The highest BCUT2D eigenvalue weighted by Gasteiger charge is 2.04. The van der Waals surface area contributed by atoms with Crippen LogP contribution in [-0.2, 0) is 11.2 Å². The zero-order valence-corrected chi connectivity index (χ0v) is 11.3. The number of rotatable bonds is 4. The lowest BCUT2D eigenvalue weighted by atomic mass is 10.1. The minimum absolute atomic E-state index is 0.108. The lowest BCUT2D eigenvalue weighted by Crippen LogP contribution is -2.14. The number of benzene rings is 2. The fourth-order valence-electron chi connectivity index (χ4n) is 1.67. The Balaban J connectivity index is 1.95. The number of anilines is 1. The fourth-order valence-corrected chi connectivity index (χ4v) is 2.08. The van der Waals surface area contributed by atoms with Gasteiger partial charge in [0.05, 0.1) is 6.42 Å². The second-order valence-electron chi connectivity index (χ2n) is 4.08. The second kappa shape index (κ2) is 6.38. The first-order valence-corrected chi connectivity index (χ1v) is 7.08. The summed E-state index contributed by atoms with van der Waals surface area (Å²) < 4.78 is 12.7. The van der Waals surface area contributed by atoms with Crippen LogP contribution < -0.4 is 5.32 Å². The van der Waals surface area contributed by atoms with E-state index >= 15 is 0 Å². The van der Waals surface area contributed by atoms with Crippen molar-refractivity contribution in [3.63, 3.8) is 0 Å². The van der Waals surface area contributed by atoms with Crippen LogP contribution in [0.15, 0.2) is 53.4 Å². The molecule has 0 atom stereocenters. The Hall–Kier alpha value is -1.81. The summed E-state index contributed by atoms with van der Waals surface area (Å²) in [6.07, 6.45) is 2.24. The van der Waals surface area contributed by atoms with Crippen molar-refractivity contribution < 1.29 is 9.18 Å². The highest BCUT2D eigenvalue weighted by molar-refractivity contribution is 7.98. The molecule has 0 radical (unpaired) electrons. The molecular weight excluding hydrogens is 261 g/mol. The minimum atomic E-state index is -0.295. The van der Waals surface area contributed by atoms with Crippen LogP contribution >= 0.6 is 11.8 Å². The largest absolute Gasteiger partial charge is 0.326 e. The molecule has 1 N–H and O–H groups in total. The van der Waals surface area contributed by atoms with Crippen LogP contribution in [0.25, 0.3) is 0 Å². The molecule has 0 bridgehead atoms. The Labute approximate surface area is 116 Å². The summed E-state index contributed by atoms with van der Waals surface area (Å²) >= 11 is 1.65. The quantitative estimate of drug-likeness (QED) is 0.861. The van der Waals surface area contributed by atoms with E-state index in [2.05, 4.69) is 5.32 Å². The maximum atomic E-state index is 12.7. The molecular formula is C15H14FNOS. The molecule has 2 aromatic carbocycles. The van der Waals surface area contributed by atoms with Crippen LogP contribution in [0.1, 0.15) is 5.56 Å². The number of thioether (sulfide) groups is 1. The van der Waals surface area contributed by atoms with Gasteiger partial charge in [0, 0.05) is 10.6 Å². The van der Waals surface area contributed by atoms with Crippen molar-refractivity contribution in [3.05, 3.63) is 59.9 Å². The van der Waals surface area contributed by atoms with Crippen molar-refractivity contribution in [2.45, 2.75) is 11.3 Å². The molecule has 0 aromatic heterocycles. The smallest absolute Gasteiger partial charge is 0.228 e. The van der Waals surface area contributed by atoms with Gasteiger partial charge < -0.3 is 5.32 Å². The average molecular weight is 275 g/mol. The normalized spacial score (nSPS) is 10.2. The van der Waals surface area contributed by atoms with Gasteiger partial charge >= 0.3 is 0 Å². The fraction of sp³-hybridized carbons (Fsp3) is 0.133. The van der Waals surface area contributed by atoms with Gasteiger partial charge in [0.1, 0.15) is 5.82 Å². The molecule has 0 saturated heterocycles. The molecule has 0 unspecified atom stereocenters. The summed E-state index contributed by atoms with van der Waals surface area (Å²) in [5, 5.41) is 2.81. The van der Waals surface area contributed by atoms with Crippen LogP contribution in [0.4, 0.5) is 10.1 Å². The molecule has 2 nitrogen and oxygen atoms in total. The van der Waals surface area contributed by atoms with Gasteiger partial charge in [-0.05, 0) is 48.2 Å². The van der Waals surface area contributed by atoms with Gasteiger partial charge in [0.25, 0.3) is 0 Å². The first kappa shape index (κ1) is 13.6. The Morgan fingerprint density at radius 2 is 1.74 bits per heavy atom. The highest BCUT2D eigenvalue weighted by Crippen LogP contribution is 2.17. The summed E-state index contributed by atoms with van der Waals surface area (Å²) in [5.74, 6) is -0.402. The van der Waals surface area contributed by atoms with E-state index in [4.69, 9.17) is 0 Å². The molecule has 0 saturated carbocycles. The number of carbonyl (C=O) groups excluding carboxylic acids is 1. The molecule has 0 aliphatic carbocycles. The molecule has 19 heavy (non-hydrogen) atoms. The monoisotopic (exact) mass is 275 g/mol. The van der Waals surface area contributed by atoms with Gasteiger partial charge in [-0.25, -0.2) is 4.39 Å². The van der Waals surface area contributed by atoms with E-state index in [1.54, 1.807) is 23.9 Å². The van der Waals surface area contributed by atoms with Crippen LogP contribution in [0, 0.1) is 5.82 Å². The lowest BCUT2D eigenvalue weighted by Gasteiger charge is -2.06. The van der Waals surface area contributed by atoms with E-state index in [0.29, 0.717) is 0 Å². The van der Waals surface area contributed by atoms with Crippen molar-refractivity contribution in [1.82, 2.24) is 0 Å². The number of nitrogens with one attached hydrogen (secondary N) is 1. The molecule has 0 spiro atoms. The zero-order valence-electron chi connectivity index (χ0n) is 10.5. The average Bonchev–Trinajstić information content (AvgIpc) is 2.42. The zero-order chi connectivity index (χ0) is 13.7. The van der Waals surface area contributed by atoms with Gasteiger partial charge in [-0.3, -0.25) is 4.79 Å². The molecule has 98 valence electrons. The summed E-state index contributed by atoms with van der Waals surface area (Å²) in [7, 11) is 0. The van der Waals surface area contributed by atoms with E-state index in [-0.39, 0.29) is 18.1 Å². The Bertz CT molecular complexity index is 551. The maximum absolute atomic E-state index is 12.7. The topological polar surface area (TPSA) is 29.1 Å². The molecule has 4 heteroatoms. The molecule has 0 fully saturated rings. The molecule has 1 amide bonds. The standard InChI is InChI=1S/C15H14FNOS/c1-19-14-8-6-13(7-9-14)17-15(18)10-11-2-4-12(16)5-3-11/h2-9H,10H2,1H3,(H,17,18). The Morgan fingerprint density at radius 1 is 1.11 bits per heavy atom. The second-order valence-corrected chi connectivity index (χ2v) is 4.96. The number of amides is 1. The van der Waals surface area contributed by atoms with E-state index in [1.807, 2.05) is 30.5 Å². The van der Waals surface area contributed by atoms with Crippen molar-refractivity contribution in [1.29, 1.82) is 0 Å². The van der Waals surface area contributed by atoms with E-state index in [1.165, 1.54) is 12.1 Å². The van der Waals surface area contributed by atoms with Crippen LogP contribution in [0.5, 0.6) is 0 Å². The van der Waals surface area contributed by atoms with Crippen LogP contribution in [0.3, 0.4) is 0 Å². The number of hydrogen-bond acceptors (Lipinski definition) is 2. The summed E-state index contributed by atoms with van der Waals surface area (Å²) in [4.78, 5) is 13.0. The molecule has 2 rings (SSSR count). The van der Waals surface area contributed by atoms with Gasteiger partial charge in [-0.1, -0.05) is 12.1 Å². The number of carbonyl (C=O) groups is 1. The molecule has 0 aliphatic rings. The van der Waals surface area contributed by atoms with E-state index in [0.717, 1.165) is 16.1 Å². The van der Waals surface area contributed by atoms with E-state index in [9.17, 15) is 9.18 Å². The SMILES string of the molecule is CSc1ccc(NC(=O)Cc2ccc(F)cc2)cc1. The van der Waals surface area contributed by atoms with Crippen LogP contribution in [-0.4, -0.2) is 12.2 Å².